The van der Waals surface area contributed by atoms with E-state index in [4.69, 9.17) is 4.42 Å². The number of fused-ring (bicyclic) bond motifs is 3. The number of halogens is 2. The molecule has 0 saturated heterocycles. The average molecular weight is 342 g/mol. The van der Waals surface area contributed by atoms with Crippen LogP contribution in [0, 0.1) is 11.6 Å². The molecule has 25 heavy (non-hydrogen) atoms. The molecule has 2 aromatic heterocycles. The summed E-state index contributed by atoms with van der Waals surface area (Å²) >= 11 is 0. The number of aromatic nitrogens is 2. The summed E-state index contributed by atoms with van der Waals surface area (Å²) in [6.07, 6.45) is -0.0565. The van der Waals surface area contributed by atoms with Crippen LogP contribution < -0.4 is 5.56 Å². The number of para-hydroxylation sites is 1. The van der Waals surface area contributed by atoms with Crippen LogP contribution in [0.1, 0.15) is 11.7 Å². The lowest BCUT2D eigenvalue weighted by molar-refractivity contribution is 0.150. The molecule has 0 aliphatic rings. The molecular weight excluding hydrogens is 330 g/mol. The van der Waals surface area contributed by atoms with Crippen molar-refractivity contribution in [2.24, 2.45) is 0 Å². The van der Waals surface area contributed by atoms with Crippen molar-refractivity contribution in [3.63, 3.8) is 0 Å². The minimum Gasteiger partial charge on any atom is -0.448 e. The predicted molar refractivity (Wildman–Crippen MR) is 87.1 cm³/mol. The first-order chi connectivity index (χ1) is 12.0. The maximum atomic E-state index is 13.8. The number of nitrogens with zero attached hydrogens (tertiary/aromatic N) is 2. The van der Waals surface area contributed by atoms with E-state index in [1.165, 1.54) is 6.33 Å². The Hall–Kier alpha value is -3.06. The van der Waals surface area contributed by atoms with Gasteiger partial charge in [0.1, 0.15) is 22.7 Å². The van der Waals surface area contributed by atoms with Crippen molar-refractivity contribution in [1.29, 1.82) is 0 Å². The molecule has 0 aliphatic carbocycles. The van der Waals surface area contributed by atoms with Gasteiger partial charge in [-0.2, -0.15) is 0 Å². The number of hydrogen-bond acceptors (Lipinski definition) is 4. The van der Waals surface area contributed by atoms with E-state index in [1.807, 2.05) is 6.07 Å². The Morgan fingerprint density at radius 1 is 1.20 bits per heavy atom. The zero-order chi connectivity index (χ0) is 17.6. The summed E-state index contributed by atoms with van der Waals surface area (Å²) in [6.45, 7) is -0.235. The molecule has 0 aliphatic heterocycles. The topological polar surface area (TPSA) is 68.3 Å². The van der Waals surface area contributed by atoms with Gasteiger partial charge in [-0.25, -0.2) is 13.8 Å². The van der Waals surface area contributed by atoms with E-state index in [0.29, 0.717) is 22.6 Å². The number of hydrogen-bond donors (Lipinski definition) is 1. The fourth-order valence-corrected chi connectivity index (χ4v) is 2.80. The third-order valence-corrected chi connectivity index (χ3v) is 4.04. The van der Waals surface area contributed by atoms with Gasteiger partial charge in [0.25, 0.3) is 5.56 Å². The van der Waals surface area contributed by atoms with Gasteiger partial charge in [-0.3, -0.25) is 9.36 Å². The Morgan fingerprint density at radius 2 is 2.00 bits per heavy atom. The van der Waals surface area contributed by atoms with E-state index >= 15 is 0 Å². The largest absolute Gasteiger partial charge is 0.448 e. The molecule has 126 valence electrons. The molecule has 0 amide bonds. The van der Waals surface area contributed by atoms with Gasteiger partial charge >= 0.3 is 0 Å². The van der Waals surface area contributed by atoms with E-state index in [9.17, 15) is 18.7 Å². The summed E-state index contributed by atoms with van der Waals surface area (Å²) in [4.78, 5) is 16.8. The van der Waals surface area contributed by atoms with Crippen LogP contribution >= 0.6 is 0 Å². The molecule has 0 radical (unpaired) electrons. The minimum atomic E-state index is -1.33. The highest BCUT2D eigenvalue weighted by Gasteiger charge is 2.18. The minimum absolute atomic E-state index is 0.0653. The molecule has 0 spiro atoms. The fraction of sp³-hybridized carbons (Fsp3) is 0.111. The molecule has 1 atom stereocenters. The van der Waals surface area contributed by atoms with Crippen LogP contribution in [0.5, 0.6) is 0 Å². The third kappa shape index (κ3) is 2.58. The highest BCUT2D eigenvalue weighted by atomic mass is 19.1. The van der Waals surface area contributed by atoms with Crippen molar-refractivity contribution in [1.82, 2.24) is 9.55 Å². The first-order valence-corrected chi connectivity index (χ1v) is 7.54. The Labute approximate surface area is 139 Å². The highest BCUT2D eigenvalue weighted by Crippen LogP contribution is 2.25. The van der Waals surface area contributed by atoms with Gasteiger partial charge in [0.15, 0.2) is 0 Å². The van der Waals surface area contributed by atoms with Crippen LogP contribution in [-0.2, 0) is 6.54 Å². The highest BCUT2D eigenvalue weighted by molar-refractivity contribution is 6.01. The fourth-order valence-electron chi connectivity index (χ4n) is 2.80. The van der Waals surface area contributed by atoms with Gasteiger partial charge in [-0.05, 0) is 18.2 Å². The lowest BCUT2D eigenvalue weighted by Gasteiger charge is -2.13. The van der Waals surface area contributed by atoms with E-state index in [1.54, 1.807) is 18.2 Å². The zero-order valence-corrected chi connectivity index (χ0v) is 12.8. The second-order valence-electron chi connectivity index (χ2n) is 5.66. The molecular formula is C18H12F2N2O3. The smallest absolute Gasteiger partial charge is 0.297 e. The van der Waals surface area contributed by atoms with Crippen LogP contribution in [-0.4, -0.2) is 14.7 Å². The first kappa shape index (κ1) is 15.5. The summed E-state index contributed by atoms with van der Waals surface area (Å²) < 4.78 is 33.4. The molecule has 2 aromatic carbocycles. The molecule has 4 rings (SSSR count). The molecule has 0 fully saturated rings. The van der Waals surface area contributed by atoms with Gasteiger partial charge in [-0.15, -0.1) is 0 Å². The maximum absolute atomic E-state index is 13.8. The second kappa shape index (κ2) is 5.78. The molecule has 0 unspecified atom stereocenters. The summed E-state index contributed by atoms with van der Waals surface area (Å²) in [6, 6.07) is 9.99. The number of rotatable bonds is 3. The maximum Gasteiger partial charge on any atom is 0.297 e. The summed E-state index contributed by atoms with van der Waals surface area (Å²) in [5, 5.41) is 10.9. The Bertz CT molecular complexity index is 1150. The normalized spacial score (nSPS) is 12.8. The number of benzene rings is 2. The van der Waals surface area contributed by atoms with E-state index in [2.05, 4.69) is 4.98 Å². The van der Waals surface area contributed by atoms with E-state index in [0.717, 1.165) is 16.7 Å². The SMILES string of the molecule is O=c1c2oc3ccccc3c2ncn1C[C@@H](O)c1ccc(F)cc1F. The molecule has 7 heteroatoms. The number of furan rings is 1. The van der Waals surface area contributed by atoms with Crippen molar-refractivity contribution in [2.75, 3.05) is 0 Å². The predicted octanol–water partition coefficient (Wildman–Crippen LogP) is 3.15. The number of aliphatic hydroxyl groups excluding tert-OH is 1. The van der Waals surface area contributed by atoms with Crippen molar-refractivity contribution in [3.05, 3.63) is 76.3 Å². The van der Waals surface area contributed by atoms with Crippen molar-refractivity contribution in [3.8, 4) is 0 Å². The molecule has 5 nitrogen and oxygen atoms in total. The third-order valence-electron chi connectivity index (χ3n) is 4.04. The van der Waals surface area contributed by atoms with Crippen molar-refractivity contribution in [2.45, 2.75) is 12.6 Å². The quantitative estimate of drug-likeness (QED) is 0.621. The first-order valence-electron chi connectivity index (χ1n) is 7.54. The van der Waals surface area contributed by atoms with Crippen LogP contribution in [0.15, 0.2) is 58.0 Å². The Balaban J connectivity index is 1.75. The summed E-state index contributed by atoms with van der Waals surface area (Å²) in [5.74, 6) is -1.62. The monoisotopic (exact) mass is 342 g/mol. The Kier molecular flexibility index (Phi) is 3.58. The lowest BCUT2D eigenvalue weighted by atomic mass is 10.1. The van der Waals surface area contributed by atoms with Crippen LogP contribution in [0.3, 0.4) is 0 Å². The second-order valence-corrected chi connectivity index (χ2v) is 5.66. The number of aliphatic hydroxyl groups is 1. The summed E-state index contributed by atoms with van der Waals surface area (Å²) in [5.41, 5.74) is 0.445. The standard InChI is InChI=1S/C18H12F2N2O3/c19-10-5-6-11(13(20)7-10)14(23)8-22-9-21-16-12-3-1-2-4-15(12)25-17(16)18(22)24/h1-7,9,14,23H,8H2/t14-/m1/s1. The molecule has 2 heterocycles. The molecule has 0 bridgehead atoms. The van der Waals surface area contributed by atoms with Gasteiger partial charge in [0, 0.05) is 17.0 Å². The van der Waals surface area contributed by atoms with E-state index < -0.39 is 23.3 Å². The van der Waals surface area contributed by atoms with Gasteiger partial charge in [-0.1, -0.05) is 18.2 Å². The lowest BCUT2D eigenvalue weighted by Crippen LogP contribution is -2.23. The van der Waals surface area contributed by atoms with Gasteiger partial charge < -0.3 is 9.52 Å². The van der Waals surface area contributed by atoms with Crippen molar-refractivity contribution >= 4 is 22.1 Å². The summed E-state index contributed by atoms with van der Waals surface area (Å²) in [7, 11) is 0. The molecule has 4 aromatic rings. The van der Waals surface area contributed by atoms with Gasteiger partial charge in [0.05, 0.1) is 19.0 Å². The van der Waals surface area contributed by atoms with Crippen LogP contribution in [0.2, 0.25) is 0 Å². The Morgan fingerprint density at radius 3 is 2.80 bits per heavy atom. The average Bonchev–Trinajstić information content (AvgIpc) is 2.97. The zero-order valence-electron chi connectivity index (χ0n) is 12.8. The van der Waals surface area contributed by atoms with Crippen LogP contribution in [0.25, 0.3) is 22.1 Å². The van der Waals surface area contributed by atoms with Crippen molar-refractivity contribution < 1.29 is 18.3 Å². The van der Waals surface area contributed by atoms with E-state index in [-0.39, 0.29) is 17.7 Å². The van der Waals surface area contributed by atoms with Gasteiger partial charge in [0.2, 0.25) is 5.58 Å². The molecule has 1 N–H and O–H groups in total. The van der Waals surface area contributed by atoms with Crippen LogP contribution in [0.4, 0.5) is 8.78 Å². The molecule has 0 saturated carbocycles.